The van der Waals surface area contributed by atoms with E-state index >= 15 is 0 Å². The van der Waals surface area contributed by atoms with Gasteiger partial charge in [-0.3, -0.25) is 0 Å². The predicted octanol–water partition coefficient (Wildman–Crippen LogP) is 3.55. The van der Waals surface area contributed by atoms with Crippen molar-refractivity contribution in [3.05, 3.63) is 70.8 Å². The highest BCUT2D eigenvalue weighted by atomic mass is 19.1. The Morgan fingerprint density at radius 1 is 1.00 bits per heavy atom. The van der Waals surface area contributed by atoms with Gasteiger partial charge in [-0.05, 0) is 29.8 Å². The Bertz CT molecular complexity index is 620. The van der Waals surface area contributed by atoms with Gasteiger partial charge in [0, 0.05) is 5.56 Å². The van der Waals surface area contributed by atoms with Crippen LogP contribution in [0.2, 0.25) is 0 Å². The van der Waals surface area contributed by atoms with Crippen molar-refractivity contribution >= 4 is 0 Å². The summed E-state index contributed by atoms with van der Waals surface area (Å²) in [5, 5.41) is 8.88. The van der Waals surface area contributed by atoms with Gasteiger partial charge in [0.2, 0.25) is 0 Å². The topological polar surface area (TPSA) is 33.0 Å². The number of nitrogens with zero attached hydrogens (tertiary/aromatic N) is 1. The molecule has 0 saturated heterocycles. The third kappa shape index (κ3) is 3.36. The van der Waals surface area contributed by atoms with Crippen LogP contribution in [0.3, 0.4) is 0 Å². The largest absolute Gasteiger partial charge is 0.372 e. The molecule has 0 amide bonds. The van der Waals surface area contributed by atoms with Gasteiger partial charge in [0.15, 0.2) is 0 Å². The van der Waals surface area contributed by atoms with Crippen LogP contribution in [0.15, 0.2) is 42.5 Å². The minimum atomic E-state index is -0.427. The van der Waals surface area contributed by atoms with Crippen LogP contribution < -0.4 is 0 Å². The molecule has 96 valence electrons. The number of hydrogen-bond donors (Lipinski definition) is 0. The average molecular weight is 259 g/mol. The molecular weight excluding hydrogens is 248 g/mol. The van der Waals surface area contributed by atoms with E-state index in [1.807, 2.05) is 6.07 Å². The van der Waals surface area contributed by atoms with Crippen LogP contribution in [0.25, 0.3) is 0 Å². The van der Waals surface area contributed by atoms with E-state index in [1.54, 1.807) is 18.2 Å². The summed E-state index contributed by atoms with van der Waals surface area (Å²) in [6.45, 7) is 0.142. The second-order valence-electron chi connectivity index (χ2n) is 4.00. The molecule has 0 radical (unpaired) electrons. The summed E-state index contributed by atoms with van der Waals surface area (Å²) in [5.41, 5.74) is 1.24. The Balaban J connectivity index is 2.02. The number of rotatable bonds is 4. The van der Waals surface area contributed by atoms with Gasteiger partial charge < -0.3 is 4.74 Å². The summed E-state index contributed by atoms with van der Waals surface area (Å²) in [6, 6.07) is 12.1. The van der Waals surface area contributed by atoms with E-state index in [-0.39, 0.29) is 19.0 Å². The molecule has 0 aliphatic rings. The molecule has 0 fully saturated rings. The fraction of sp³-hybridized carbons (Fsp3) is 0.133. The first-order chi connectivity index (χ1) is 9.20. The average Bonchev–Trinajstić information content (AvgIpc) is 2.41. The van der Waals surface area contributed by atoms with Crippen LogP contribution in [0.5, 0.6) is 0 Å². The molecule has 0 bridgehead atoms. The maximum Gasteiger partial charge on any atom is 0.128 e. The number of benzene rings is 2. The number of hydrogen-bond acceptors (Lipinski definition) is 2. The van der Waals surface area contributed by atoms with Gasteiger partial charge in [-0.25, -0.2) is 8.78 Å². The highest BCUT2D eigenvalue weighted by molar-refractivity contribution is 5.37. The Morgan fingerprint density at radius 2 is 1.74 bits per heavy atom. The molecule has 2 rings (SSSR count). The minimum absolute atomic E-state index is 0.0645. The van der Waals surface area contributed by atoms with Crippen LogP contribution in [-0.4, -0.2) is 0 Å². The second kappa shape index (κ2) is 6.07. The third-order valence-corrected chi connectivity index (χ3v) is 2.66. The Morgan fingerprint density at radius 3 is 2.47 bits per heavy atom. The molecule has 2 aromatic carbocycles. The smallest absolute Gasteiger partial charge is 0.128 e. The fourth-order valence-corrected chi connectivity index (χ4v) is 1.68. The molecule has 0 aromatic heterocycles. The van der Waals surface area contributed by atoms with Gasteiger partial charge >= 0.3 is 0 Å². The molecule has 0 saturated carbocycles. The summed E-state index contributed by atoms with van der Waals surface area (Å²) < 4.78 is 31.7. The zero-order valence-corrected chi connectivity index (χ0v) is 10.1. The first kappa shape index (κ1) is 13.2. The molecule has 0 unspecified atom stereocenters. The molecule has 0 N–H and O–H groups in total. The van der Waals surface area contributed by atoms with Crippen molar-refractivity contribution in [1.29, 1.82) is 5.26 Å². The Hall–Kier alpha value is -2.25. The van der Waals surface area contributed by atoms with Gasteiger partial charge in [0.05, 0.1) is 24.8 Å². The standard InChI is InChI=1S/C15H11F2NO/c16-14-6-5-11(8-18)13(7-14)10-19-9-12-3-1-2-4-15(12)17/h1-7H,9-10H2. The summed E-state index contributed by atoms with van der Waals surface area (Å²) in [5.74, 6) is -0.772. The van der Waals surface area contributed by atoms with E-state index in [1.165, 1.54) is 24.3 Å². The van der Waals surface area contributed by atoms with Crippen LogP contribution >= 0.6 is 0 Å². The number of nitriles is 1. The maximum absolute atomic E-state index is 13.3. The number of ether oxygens (including phenoxy) is 1. The van der Waals surface area contributed by atoms with Gasteiger partial charge in [0.25, 0.3) is 0 Å². The molecule has 2 nitrogen and oxygen atoms in total. The van der Waals surface area contributed by atoms with Crippen molar-refractivity contribution in [3.8, 4) is 6.07 Å². The van der Waals surface area contributed by atoms with E-state index < -0.39 is 5.82 Å². The van der Waals surface area contributed by atoms with E-state index in [0.29, 0.717) is 16.7 Å². The quantitative estimate of drug-likeness (QED) is 0.841. The first-order valence-corrected chi connectivity index (χ1v) is 5.70. The molecule has 19 heavy (non-hydrogen) atoms. The Kier molecular flexibility index (Phi) is 4.22. The van der Waals surface area contributed by atoms with E-state index in [0.717, 1.165) is 0 Å². The molecule has 0 atom stereocenters. The van der Waals surface area contributed by atoms with Crippen molar-refractivity contribution in [3.63, 3.8) is 0 Å². The molecule has 0 heterocycles. The van der Waals surface area contributed by atoms with Crippen molar-refractivity contribution in [2.45, 2.75) is 13.2 Å². The predicted molar refractivity (Wildman–Crippen MR) is 66.0 cm³/mol. The van der Waals surface area contributed by atoms with Gasteiger partial charge in [-0.1, -0.05) is 18.2 Å². The molecule has 4 heteroatoms. The zero-order valence-electron chi connectivity index (χ0n) is 10.1. The van der Waals surface area contributed by atoms with Crippen LogP contribution in [0.1, 0.15) is 16.7 Å². The molecule has 2 aromatic rings. The van der Waals surface area contributed by atoms with Crippen LogP contribution in [-0.2, 0) is 18.0 Å². The van der Waals surface area contributed by atoms with Crippen LogP contribution in [0, 0.1) is 23.0 Å². The molecular formula is C15H11F2NO. The van der Waals surface area contributed by atoms with Crippen molar-refractivity contribution in [2.75, 3.05) is 0 Å². The van der Waals surface area contributed by atoms with Crippen LogP contribution in [0.4, 0.5) is 8.78 Å². The lowest BCUT2D eigenvalue weighted by Crippen LogP contribution is -1.99. The van der Waals surface area contributed by atoms with Crippen molar-refractivity contribution in [1.82, 2.24) is 0 Å². The monoisotopic (exact) mass is 259 g/mol. The lowest BCUT2D eigenvalue weighted by atomic mass is 10.1. The molecule has 0 spiro atoms. The lowest BCUT2D eigenvalue weighted by molar-refractivity contribution is 0.104. The maximum atomic E-state index is 13.3. The van der Waals surface area contributed by atoms with Crippen molar-refractivity contribution in [2.24, 2.45) is 0 Å². The number of halogens is 2. The minimum Gasteiger partial charge on any atom is -0.372 e. The summed E-state index contributed by atoms with van der Waals surface area (Å²) in [6.07, 6.45) is 0. The Labute approximate surface area is 109 Å². The lowest BCUT2D eigenvalue weighted by Gasteiger charge is -2.07. The van der Waals surface area contributed by atoms with Gasteiger partial charge in [0.1, 0.15) is 11.6 Å². The SMILES string of the molecule is N#Cc1ccc(F)cc1COCc1ccccc1F. The molecule has 0 aliphatic carbocycles. The normalized spacial score (nSPS) is 10.2. The summed E-state index contributed by atoms with van der Waals surface area (Å²) in [7, 11) is 0. The first-order valence-electron chi connectivity index (χ1n) is 5.70. The summed E-state index contributed by atoms with van der Waals surface area (Å²) >= 11 is 0. The van der Waals surface area contributed by atoms with Gasteiger partial charge in [-0.15, -0.1) is 0 Å². The second-order valence-corrected chi connectivity index (χ2v) is 4.00. The highest BCUT2D eigenvalue weighted by Crippen LogP contribution is 2.14. The highest BCUT2D eigenvalue weighted by Gasteiger charge is 2.05. The van der Waals surface area contributed by atoms with E-state index in [9.17, 15) is 8.78 Å². The van der Waals surface area contributed by atoms with Gasteiger partial charge in [-0.2, -0.15) is 5.26 Å². The fourth-order valence-electron chi connectivity index (χ4n) is 1.68. The molecule has 0 aliphatic heterocycles. The van der Waals surface area contributed by atoms with Crippen molar-refractivity contribution < 1.29 is 13.5 Å². The van der Waals surface area contributed by atoms with E-state index in [2.05, 4.69) is 0 Å². The third-order valence-electron chi connectivity index (χ3n) is 2.66. The van der Waals surface area contributed by atoms with E-state index in [4.69, 9.17) is 10.00 Å². The zero-order chi connectivity index (χ0) is 13.7. The summed E-state index contributed by atoms with van der Waals surface area (Å²) in [4.78, 5) is 0.